The van der Waals surface area contributed by atoms with E-state index in [1.165, 1.54) is 0 Å². The van der Waals surface area contributed by atoms with Gasteiger partial charge < -0.3 is 9.53 Å². The lowest BCUT2D eigenvalue weighted by Crippen LogP contribution is -2.48. The molecule has 24 heavy (non-hydrogen) atoms. The van der Waals surface area contributed by atoms with Gasteiger partial charge in [-0.25, -0.2) is 9.18 Å². The minimum absolute atomic E-state index is 0.204. The maximum atomic E-state index is 14.4. The van der Waals surface area contributed by atoms with Gasteiger partial charge in [-0.15, -0.1) is 0 Å². The van der Waals surface area contributed by atoms with Gasteiger partial charge in [-0.1, -0.05) is 12.1 Å². The summed E-state index contributed by atoms with van der Waals surface area (Å²) in [4.78, 5) is 24.5. The third-order valence-corrected chi connectivity index (χ3v) is 3.44. The van der Waals surface area contributed by atoms with Crippen LogP contribution in [0.15, 0.2) is 18.2 Å². The first-order valence-electron chi connectivity index (χ1n) is 7.03. The topological polar surface area (TPSA) is 46.6 Å². The van der Waals surface area contributed by atoms with Gasteiger partial charge in [-0.3, -0.25) is 4.90 Å². The molecule has 0 bridgehead atoms. The maximum Gasteiger partial charge on any atom is 0.419 e. The lowest BCUT2D eigenvalue weighted by molar-refractivity contribution is -0.140. The number of hydrogen-bond acceptors (Lipinski definition) is 3. The summed E-state index contributed by atoms with van der Waals surface area (Å²) in [7, 11) is 1.15. The van der Waals surface area contributed by atoms with E-state index in [1.807, 2.05) is 0 Å². The van der Waals surface area contributed by atoms with Crippen LogP contribution in [0.25, 0.3) is 0 Å². The number of hydrogen-bond donors (Lipinski definition) is 0. The molecule has 0 aliphatic rings. The van der Waals surface area contributed by atoms with Crippen molar-refractivity contribution >= 4 is 12.4 Å². The largest absolute Gasteiger partial charge is 0.444 e. The van der Waals surface area contributed by atoms with Gasteiger partial charge in [0.2, 0.25) is 0 Å². The maximum absolute atomic E-state index is 14.4. The molecule has 1 rings (SSSR count). The first-order chi connectivity index (χ1) is 10.7. The molecular formula is C16H19F4NO3. The zero-order valence-corrected chi connectivity index (χ0v) is 14.0. The number of aldehydes is 1. The van der Waals surface area contributed by atoms with Crippen LogP contribution in [0.2, 0.25) is 0 Å². The first-order valence-corrected chi connectivity index (χ1v) is 7.03. The van der Waals surface area contributed by atoms with E-state index in [0.29, 0.717) is 6.07 Å². The SMILES string of the molecule is CN(C(=O)OC(C)(C)C)C(C)(C=O)c1cccc(C(F)(F)F)c1F. The average Bonchev–Trinajstić information content (AvgIpc) is 2.42. The number of ether oxygens (including phenoxy) is 1. The van der Waals surface area contributed by atoms with Gasteiger partial charge in [0.15, 0.2) is 0 Å². The van der Waals surface area contributed by atoms with Gasteiger partial charge >= 0.3 is 12.3 Å². The third-order valence-electron chi connectivity index (χ3n) is 3.44. The lowest BCUT2D eigenvalue weighted by atomic mass is 9.90. The molecule has 0 saturated heterocycles. The van der Waals surface area contributed by atoms with Crippen molar-refractivity contribution in [3.63, 3.8) is 0 Å². The van der Waals surface area contributed by atoms with E-state index in [4.69, 9.17) is 4.74 Å². The van der Waals surface area contributed by atoms with Crippen molar-refractivity contribution in [3.05, 3.63) is 35.1 Å². The zero-order chi connectivity index (χ0) is 18.9. The Bertz CT molecular complexity index is 637. The van der Waals surface area contributed by atoms with Crippen LogP contribution in [0.4, 0.5) is 22.4 Å². The smallest absolute Gasteiger partial charge is 0.419 e. The Balaban J connectivity index is 3.39. The van der Waals surface area contributed by atoms with Crippen molar-refractivity contribution in [1.29, 1.82) is 0 Å². The fourth-order valence-electron chi connectivity index (χ4n) is 1.99. The van der Waals surface area contributed by atoms with Gasteiger partial charge in [-0.2, -0.15) is 13.2 Å². The summed E-state index contributed by atoms with van der Waals surface area (Å²) in [5.74, 6) is -1.60. The molecule has 1 aromatic carbocycles. The number of amides is 1. The van der Waals surface area contributed by atoms with Crippen LogP contribution in [0, 0.1) is 5.82 Å². The number of benzene rings is 1. The summed E-state index contributed by atoms with van der Waals surface area (Å²) in [6, 6.07) is 2.57. The van der Waals surface area contributed by atoms with Gasteiger partial charge in [0, 0.05) is 12.6 Å². The molecule has 4 nitrogen and oxygen atoms in total. The van der Waals surface area contributed by atoms with Gasteiger partial charge in [0.25, 0.3) is 0 Å². The predicted molar refractivity (Wildman–Crippen MR) is 78.8 cm³/mol. The van der Waals surface area contributed by atoms with E-state index in [2.05, 4.69) is 0 Å². The molecule has 0 aromatic heterocycles. The molecule has 0 fully saturated rings. The highest BCUT2D eigenvalue weighted by Gasteiger charge is 2.42. The third kappa shape index (κ3) is 4.04. The average molecular weight is 349 g/mol. The minimum Gasteiger partial charge on any atom is -0.444 e. The highest BCUT2D eigenvalue weighted by molar-refractivity contribution is 5.78. The summed E-state index contributed by atoms with van der Waals surface area (Å²) >= 11 is 0. The van der Waals surface area contributed by atoms with E-state index < -0.39 is 40.4 Å². The van der Waals surface area contributed by atoms with Crippen LogP contribution >= 0.6 is 0 Å². The molecule has 0 spiro atoms. The molecule has 1 amide bonds. The predicted octanol–water partition coefficient (Wildman–Crippen LogP) is 4.13. The van der Waals surface area contributed by atoms with Crippen molar-refractivity contribution in [2.75, 3.05) is 7.05 Å². The molecule has 134 valence electrons. The normalized spacial score (nSPS) is 14.7. The highest BCUT2D eigenvalue weighted by Crippen LogP contribution is 2.36. The molecule has 1 aromatic rings. The van der Waals surface area contributed by atoms with E-state index >= 15 is 0 Å². The number of alkyl halides is 3. The molecule has 0 N–H and O–H groups in total. The van der Waals surface area contributed by atoms with Crippen molar-refractivity contribution in [3.8, 4) is 0 Å². The van der Waals surface area contributed by atoms with Crippen LogP contribution in [0.3, 0.4) is 0 Å². The molecule has 0 radical (unpaired) electrons. The van der Waals surface area contributed by atoms with E-state index in [-0.39, 0.29) is 6.29 Å². The van der Waals surface area contributed by atoms with E-state index in [1.54, 1.807) is 20.8 Å². The van der Waals surface area contributed by atoms with Crippen LogP contribution in [0.1, 0.15) is 38.8 Å². The van der Waals surface area contributed by atoms with Crippen LogP contribution in [-0.2, 0) is 21.2 Å². The number of carbonyl (C=O) groups is 2. The molecule has 0 aliphatic heterocycles. The Morgan fingerprint density at radius 2 is 1.62 bits per heavy atom. The zero-order valence-electron chi connectivity index (χ0n) is 14.0. The number of carbonyl (C=O) groups excluding carboxylic acids is 2. The first kappa shape index (κ1) is 19.9. The second-order valence-corrected chi connectivity index (χ2v) is 6.47. The Hall–Kier alpha value is -2.12. The van der Waals surface area contributed by atoms with Crippen LogP contribution in [-0.4, -0.2) is 29.9 Å². The van der Waals surface area contributed by atoms with Crippen molar-refractivity contribution in [1.82, 2.24) is 4.90 Å². The molecule has 0 aliphatic carbocycles. The lowest BCUT2D eigenvalue weighted by Gasteiger charge is -2.36. The van der Waals surface area contributed by atoms with E-state index in [9.17, 15) is 27.2 Å². The second kappa shape index (κ2) is 6.41. The standard InChI is InChI=1S/C16H19F4NO3/c1-14(2,3)24-13(23)21(5)15(4,9-22)10-7-6-8-11(12(10)17)16(18,19)20/h6-9H,1-5H3. The van der Waals surface area contributed by atoms with Crippen LogP contribution < -0.4 is 0 Å². The number of likely N-dealkylation sites (N-methyl/N-ethyl adjacent to an activating group) is 1. The summed E-state index contributed by atoms with van der Waals surface area (Å²) < 4.78 is 58.1. The van der Waals surface area contributed by atoms with E-state index in [0.717, 1.165) is 31.0 Å². The molecule has 1 unspecified atom stereocenters. The quantitative estimate of drug-likeness (QED) is 0.609. The fraction of sp³-hybridized carbons (Fsp3) is 0.500. The molecular weight excluding hydrogens is 330 g/mol. The molecule has 8 heteroatoms. The number of rotatable bonds is 3. The summed E-state index contributed by atoms with van der Waals surface area (Å²) in [5, 5.41) is 0. The number of nitrogens with zero attached hydrogens (tertiary/aromatic N) is 1. The Morgan fingerprint density at radius 1 is 1.12 bits per heavy atom. The number of halogens is 4. The van der Waals surface area contributed by atoms with Crippen LogP contribution in [0.5, 0.6) is 0 Å². The Morgan fingerprint density at radius 3 is 2.04 bits per heavy atom. The summed E-state index contributed by atoms with van der Waals surface area (Å²) in [6.07, 6.45) is -5.68. The molecule has 1 atom stereocenters. The van der Waals surface area contributed by atoms with Crippen molar-refractivity contribution < 1.29 is 31.9 Å². The fourth-order valence-corrected chi connectivity index (χ4v) is 1.99. The monoisotopic (exact) mass is 349 g/mol. The van der Waals surface area contributed by atoms with Crippen molar-refractivity contribution in [2.45, 2.75) is 45.0 Å². The van der Waals surface area contributed by atoms with Gasteiger partial charge in [-0.05, 0) is 33.8 Å². The molecule has 0 heterocycles. The second-order valence-electron chi connectivity index (χ2n) is 6.47. The Labute approximate surface area is 137 Å². The Kier molecular flexibility index (Phi) is 5.32. The highest BCUT2D eigenvalue weighted by atomic mass is 19.4. The molecule has 0 saturated carbocycles. The minimum atomic E-state index is -4.92. The summed E-state index contributed by atoms with van der Waals surface area (Å²) in [5.41, 5.74) is -4.93. The van der Waals surface area contributed by atoms with Gasteiger partial charge in [0.1, 0.15) is 23.2 Å². The van der Waals surface area contributed by atoms with Gasteiger partial charge in [0.05, 0.1) is 5.56 Å². The summed E-state index contributed by atoms with van der Waals surface area (Å²) in [6.45, 7) is 5.90. The van der Waals surface area contributed by atoms with Crippen molar-refractivity contribution in [2.24, 2.45) is 0 Å².